The zero-order chi connectivity index (χ0) is 31.3. The lowest BCUT2D eigenvalue weighted by atomic mass is 10.1. The Morgan fingerprint density at radius 2 is 1.07 bits per heavy atom. The van der Waals surface area contributed by atoms with E-state index in [2.05, 4.69) is 31.0 Å². The molecule has 6 rings (SSSR count). The van der Waals surface area contributed by atoms with Gasteiger partial charge in [-0.25, -0.2) is 9.97 Å². The second kappa shape index (κ2) is 11.1. The highest BCUT2D eigenvalue weighted by Gasteiger charge is 2.15. The monoisotopic (exact) mass is 604 g/mol. The normalized spacial score (nSPS) is 12.4. The van der Waals surface area contributed by atoms with E-state index in [1.54, 1.807) is 38.1 Å². The van der Waals surface area contributed by atoms with Crippen LogP contribution in [0.4, 0.5) is 0 Å². The van der Waals surface area contributed by atoms with E-state index in [0.29, 0.717) is 66.6 Å². The maximum Gasteiger partial charge on any atom is 0.230 e. The van der Waals surface area contributed by atoms with Crippen LogP contribution in [0.25, 0.3) is 44.1 Å². The summed E-state index contributed by atoms with van der Waals surface area (Å²) in [5, 5.41) is 10.6. The number of benzene rings is 2. The fourth-order valence-electron chi connectivity index (χ4n) is 5.11. The first kappa shape index (κ1) is 28.8. The first-order valence-corrected chi connectivity index (χ1v) is 14.3. The van der Waals surface area contributed by atoms with Crippen molar-refractivity contribution in [1.82, 2.24) is 20.8 Å². The van der Waals surface area contributed by atoms with E-state index in [1.165, 1.54) is 0 Å². The predicted molar refractivity (Wildman–Crippen MR) is 178 cm³/mol. The summed E-state index contributed by atoms with van der Waals surface area (Å²) >= 11 is 5.38. The largest absolute Gasteiger partial charge is 0.437 e. The van der Waals surface area contributed by atoms with E-state index in [-0.39, 0.29) is 27.4 Å². The molecule has 0 aliphatic heterocycles. The van der Waals surface area contributed by atoms with Gasteiger partial charge in [-0.2, -0.15) is 10.2 Å². The maximum absolute atomic E-state index is 13.2. The Bertz CT molecular complexity index is 2210. The number of aryl methyl sites for hydroxylation is 4. The summed E-state index contributed by atoms with van der Waals surface area (Å²) in [5.74, 6) is 0. The number of pyridine rings is 2. The molecule has 2 N–H and O–H groups in total. The zero-order valence-corrected chi connectivity index (χ0v) is 25.8. The third kappa shape index (κ3) is 5.22. The number of nitrogens with zero attached hydrogens (tertiary/aromatic N) is 4. The van der Waals surface area contributed by atoms with Crippen LogP contribution in [0.1, 0.15) is 47.5 Å². The SMILES string of the molecule is C/C(=N\NC(=S)N/N=C(\C)c1cc2c(=O)c3cc(C)ccc3oc2nc1C)c1cc2c(=O)c3cc(C)ccc3oc2nc1C. The van der Waals surface area contributed by atoms with Crippen LogP contribution in [0.15, 0.2) is 77.2 Å². The number of nitrogens with one attached hydrogen (secondary N) is 2. The Morgan fingerprint density at radius 1 is 0.659 bits per heavy atom. The molecular formula is C33H28N6O4S. The quantitative estimate of drug-likeness (QED) is 0.110. The number of hydrogen-bond donors (Lipinski definition) is 2. The molecule has 44 heavy (non-hydrogen) atoms. The molecule has 0 radical (unpaired) electrons. The van der Waals surface area contributed by atoms with Crippen molar-refractivity contribution in [2.24, 2.45) is 10.2 Å². The van der Waals surface area contributed by atoms with Gasteiger partial charge in [0.25, 0.3) is 0 Å². The van der Waals surface area contributed by atoms with Gasteiger partial charge in [-0.15, -0.1) is 0 Å². The van der Waals surface area contributed by atoms with Crippen LogP contribution >= 0.6 is 12.2 Å². The lowest BCUT2D eigenvalue weighted by Crippen LogP contribution is -2.30. The maximum atomic E-state index is 13.2. The molecule has 0 aliphatic carbocycles. The van der Waals surface area contributed by atoms with Gasteiger partial charge in [0.05, 0.1) is 44.4 Å². The second-order valence-electron chi connectivity index (χ2n) is 10.8. The average Bonchev–Trinajstić information content (AvgIpc) is 2.99. The lowest BCUT2D eigenvalue weighted by molar-refractivity contribution is 0.642. The van der Waals surface area contributed by atoms with E-state index in [4.69, 9.17) is 21.1 Å². The van der Waals surface area contributed by atoms with Crippen molar-refractivity contribution in [3.05, 3.63) is 103 Å². The molecule has 0 spiro atoms. The Labute approximate surface area is 256 Å². The molecule has 0 saturated carbocycles. The Balaban J connectivity index is 1.24. The van der Waals surface area contributed by atoms with Crippen LogP contribution in [-0.2, 0) is 0 Å². The number of hydrogen-bond acceptors (Lipinski definition) is 9. The van der Waals surface area contributed by atoms with Crippen molar-refractivity contribution >= 4 is 72.9 Å². The molecule has 10 nitrogen and oxygen atoms in total. The Morgan fingerprint density at radius 3 is 1.48 bits per heavy atom. The van der Waals surface area contributed by atoms with E-state index < -0.39 is 0 Å². The number of thiocarbonyl (C=S) groups is 1. The topological polar surface area (TPSA) is 135 Å². The lowest BCUT2D eigenvalue weighted by Gasteiger charge is -2.10. The van der Waals surface area contributed by atoms with Gasteiger partial charge in [0.2, 0.25) is 27.4 Å². The number of aromatic nitrogens is 2. The minimum atomic E-state index is -0.152. The smallest absolute Gasteiger partial charge is 0.230 e. The molecule has 0 bridgehead atoms. The highest BCUT2D eigenvalue weighted by Crippen LogP contribution is 2.22. The average molecular weight is 605 g/mol. The van der Waals surface area contributed by atoms with Gasteiger partial charge in [-0.05, 0) is 90.2 Å². The van der Waals surface area contributed by atoms with Gasteiger partial charge < -0.3 is 8.83 Å². The number of fused-ring (bicyclic) bond motifs is 4. The molecule has 0 aliphatic rings. The molecule has 0 atom stereocenters. The third-order valence-corrected chi connectivity index (χ3v) is 7.63. The predicted octanol–water partition coefficient (Wildman–Crippen LogP) is 5.84. The van der Waals surface area contributed by atoms with Crippen LogP contribution in [0, 0.1) is 27.7 Å². The van der Waals surface area contributed by atoms with Crippen molar-refractivity contribution in [2.45, 2.75) is 41.5 Å². The van der Waals surface area contributed by atoms with Crippen LogP contribution < -0.4 is 21.7 Å². The molecule has 6 aromatic rings. The zero-order valence-electron chi connectivity index (χ0n) is 24.9. The van der Waals surface area contributed by atoms with E-state index >= 15 is 0 Å². The third-order valence-electron chi connectivity index (χ3n) is 7.45. The van der Waals surface area contributed by atoms with Crippen LogP contribution in [-0.4, -0.2) is 26.5 Å². The molecule has 11 heteroatoms. The summed E-state index contributed by atoms with van der Waals surface area (Å²) < 4.78 is 11.8. The first-order chi connectivity index (χ1) is 21.0. The van der Waals surface area contributed by atoms with Gasteiger partial charge in [-0.1, -0.05) is 23.3 Å². The summed E-state index contributed by atoms with van der Waals surface area (Å²) in [6, 6.07) is 14.4. The molecular weight excluding hydrogens is 576 g/mol. The fourth-order valence-corrected chi connectivity index (χ4v) is 5.21. The minimum Gasteiger partial charge on any atom is -0.437 e. The highest BCUT2D eigenvalue weighted by atomic mass is 32.1. The van der Waals surface area contributed by atoms with Gasteiger partial charge in [0.1, 0.15) is 11.2 Å². The Hall–Kier alpha value is -5.29. The van der Waals surface area contributed by atoms with Crippen LogP contribution in [0.3, 0.4) is 0 Å². The molecule has 0 fully saturated rings. The van der Waals surface area contributed by atoms with Gasteiger partial charge in [0.15, 0.2) is 0 Å². The summed E-state index contributed by atoms with van der Waals surface area (Å²) in [4.78, 5) is 35.5. The fraction of sp³-hybridized carbons (Fsp3) is 0.182. The van der Waals surface area contributed by atoms with Crippen molar-refractivity contribution in [3.8, 4) is 0 Å². The van der Waals surface area contributed by atoms with Crippen LogP contribution in [0.5, 0.6) is 0 Å². The minimum absolute atomic E-state index is 0.142. The van der Waals surface area contributed by atoms with E-state index in [0.717, 1.165) is 11.1 Å². The van der Waals surface area contributed by atoms with Crippen molar-refractivity contribution < 1.29 is 8.83 Å². The molecule has 2 aromatic carbocycles. The molecule has 4 aromatic heterocycles. The summed E-state index contributed by atoms with van der Waals surface area (Å²) in [6.07, 6.45) is 0. The number of hydrazone groups is 2. The van der Waals surface area contributed by atoms with E-state index in [9.17, 15) is 9.59 Å². The van der Waals surface area contributed by atoms with E-state index in [1.807, 2.05) is 52.0 Å². The van der Waals surface area contributed by atoms with Gasteiger partial charge in [0, 0.05) is 11.1 Å². The first-order valence-electron chi connectivity index (χ1n) is 13.8. The molecule has 220 valence electrons. The van der Waals surface area contributed by atoms with Crippen molar-refractivity contribution in [3.63, 3.8) is 0 Å². The summed E-state index contributed by atoms with van der Waals surface area (Å²) in [7, 11) is 0. The summed E-state index contributed by atoms with van der Waals surface area (Å²) in [6.45, 7) is 11.1. The highest BCUT2D eigenvalue weighted by molar-refractivity contribution is 7.80. The van der Waals surface area contributed by atoms with Gasteiger partial charge >= 0.3 is 0 Å². The molecule has 0 amide bonds. The standard InChI is InChI=1S/C33H28N6O4S/c1-15-7-9-27-23(11-15)29(40)25-13-21(17(3)34-31(25)42-27)19(5)36-38-33(44)39-37-20(6)22-14-26-30(41)24-12-16(2)8-10-28(24)43-32(26)35-18(22)4/h7-14H,1-6H3,(H2,38,39,44)/b36-19+,37-20+. The summed E-state index contributed by atoms with van der Waals surface area (Å²) in [5.41, 5.74) is 12.5. The molecule has 0 saturated heterocycles. The van der Waals surface area contributed by atoms with Gasteiger partial charge in [-0.3, -0.25) is 20.4 Å². The second-order valence-corrected chi connectivity index (χ2v) is 11.2. The van der Waals surface area contributed by atoms with Crippen molar-refractivity contribution in [1.29, 1.82) is 0 Å². The molecule has 0 unspecified atom stereocenters. The van der Waals surface area contributed by atoms with Crippen LogP contribution in [0.2, 0.25) is 0 Å². The number of rotatable bonds is 4. The Kier molecular flexibility index (Phi) is 7.26. The molecule has 4 heterocycles. The van der Waals surface area contributed by atoms with Crippen molar-refractivity contribution in [2.75, 3.05) is 0 Å².